The molecule has 0 aromatic heterocycles. The number of benzene rings is 2. The van der Waals surface area contributed by atoms with Crippen LogP contribution in [0.15, 0.2) is 42.5 Å². The zero-order valence-electron chi connectivity index (χ0n) is 15.0. The summed E-state index contributed by atoms with van der Waals surface area (Å²) in [7, 11) is 0. The van der Waals surface area contributed by atoms with Gasteiger partial charge in [0.15, 0.2) is 0 Å². The van der Waals surface area contributed by atoms with E-state index in [1.807, 2.05) is 43.3 Å². The lowest BCUT2D eigenvalue weighted by atomic mass is 9.75. The van der Waals surface area contributed by atoms with Crippen molar-refractivity contribution in [2.24, 2.45) is 5.41 Å². The summed E-state index contributed by atoms with van der Waals surface area (Å²) in [6.07, 6.45) is 4.98. The topological polar surface area (TPSA) is 12.0 Å². The molecule has 0 spiro atoms. The standard InChI is InChI=1S/C22H28FN/c1-16-5-4-6-18(13-16)20-8-7-17(14-21(20)23)15-24-19-9-11-22(2,3)12-10-19/h4-8,13-14,19,24H,9-12,15H2,1-3H3. The molecule has 0 saturated heterocycles. The molecule has 2 aromatic carbocycles. The van der Waals surface area contributed by atoms with E-state index in [1.54, 1.807) is 6.07 Å². The Morgan fingerprint density at radius 1 is 1.08 bits per heavy atom. The summed E-state index contributed by atoms with van der Waals surface area (Å²) in [5, 5.41) is 3.60. The maximum absolute atomic E-state index is 14.5. The molecule has 1 saturated carbocycles. The second-order valence-corrected chi connectivity index (χ2v) is 8.00. The summed E-state index contributed by atoms with van der Waals surface area (Å²) in [5.74, 6) is -0.135. The molecule has 0 atom stereocenters. The van der Waals surface area contributed by atoms with E-state index in [0.29, 0.717) is 17.0 Å². The van der Waals surface area contributed by atoms with E-state index in [2.05, 4.69) is 19.2 Å². The van der Waals surface area contributed by atoms with Crippen molar-refractivity contribution in [3.63, 3.8) is 0 Å². The van der Waals surface area contributed by atoms with Crippen molar-refractivity contribution in [3.8, 4) is 11.1 Å². The zero-order valence-corrected chi connectivity index (χ0v) is 15.0. The van der Waals surface area contributed by atoms with Crippen molar-refractivity contribution < 1.29 is 4.39 Å². The van der Waals surface area contributed by atoms with Crippen LogP contribution in [0.5, 0.6) is 0 Å². The second-order valence-electron chi connectivity index (χ2n) is 8.00. The highest BCUT2D eigenvalue weighted by Crippen LogP contribution is 2.35. The van der Waals surface area contributed by atoms with Gasteiger partial charge in [-0.3, -0.25) is 0 Å². The molecule has 1 aliphatic rings. The number of rotatable bonds is 4. The normalized spacial score (nSPS) is 17.8. The van der Waals surface area contributed by atoms with Gasteiger partial charge in [-0.2, -0.15) is 0 Å². The average molecular weight is 325 g/mol. The van der Waals surface area contributed by atoms with Crippen LogP contribution in [0.1, 0.15) is 50.7 Å². The van der Waals surface area contributed by atoms with Crippen LogP contribution in [0.3, 0.4) is 0 Å². The van der Waals surface area contributed by atoms with Crippen LogP contribution in [-0.2, 0) is 6.54 Å². The number of hydrogen-bond donors (Lipinski definition) is 1. The molecule has 0 radical (unpaired) electrons. The van der Waals surface area contributed by atoms with E-state index in [1.165, 1.54) is 25.7 Å². The summed E-state index contributed by atoms with van der Waals surface area (Å²) >= 11 is 0. The van der Waals surface area contributed by atoms with Crippen LogP contribution in [-0.4, -0.2) is 6.04 Å². The van der Waals surface area contributed by atoms with Crippen LogP contribution >= 0.6 is 0 Å². The quantitative estimate of drug-likeness (QED) is 0.742. The van der Waals surface area contributed by atoms with E-state index in [9.17, 15) is 4.39 Å². The van der Waals surface area contributed by atoms with E-state index < -0.39 is 0 Å². The largest absolute Gasteiger partial charge is 0.310 e. The smallest absolute Gasteiger partial charge is 0.131 e. The Balaban J connectivity index is 1.63. The van der Waals surface area contributed by atoms with Gasteiger partial charge in [0.1, 0.15) is 5.82 Å². The van der Waals surface area contributed by atoms with Crippen molar-refractivity contribution in [1.82, 2.24) is 5.32 Å². The highest BCUT2D eigenvalue weighted by atomic mass is 19.1. The molecular weight excluding hydrogens is 297 g/mol. The molecule has 0 amide bonds. The summed E-state index contributed by atoms with van der Waals surface area (Å²) in [6, 6.07) is 14.2. The molecule has 0 heterocycles. The zero-order chi connectivity index (χ0) is 17.2. The van der Waals surface area contributed by atoms with Gasteiger partial charge in [-0.1, -0.05) is 55.8 Å². The molecule has 1 N–H and O–H groups in total. The molecule has 1 fully saturated rings. The highest BCUT2D eigenvalue weighted by molar-refractivity contribution is 5.65. The molecule has 0 aliphatic heterocycles. The molecule has 2 heteroatoms. The Kier molecular flexibility index (Phi) is 5.05. The third-order valence-electron chi connectivity index (χ3n) is 5.30. The van der Waals surface area contributed by atoms with Crippen molar-refractivity contribution in [3.05, 3.63) is 59.4 Å². The molecule has 1 nitrogen and oxygen atoms in total. The fraction of sp³-hybridized carbons (Fsp3) is 0.455. The van der Waals surface area contributed by atoms with Gasteiger partial charge in [0.25, 0.3) is 0 Å². The van der Waals surface area contributed by atoms with E-state index in [4.69, 9.17) is 0 Å². The Bertz CT molecular complexity index is 695. The first kappa shape index (κ1) is 17.2. The van der Waals surface area contributed by atoms with Gasteiger partial charge in [0.05, 0.1) is 0 Å². The minimum absolute atomic E-state index is 0.135. The van der Waals surface area contributed by atoms with Gasteiger partial charge in [-0.25, -0.2) is 4.39 Å². The van der Waals surface area contributed by atoms with E-state index >= 15 is 0 Å². The Hall–Kier alpha value is -1.67. The lowest BCUT2D eigenvalue weighted by Crippen LogP contribution is -2.35. The Labute approximate surface area is 145 Å². The fourth-order valence-corrected chi connectivity index (χ4v) is 3.58. The molecule has 0 bridgehead atoms. The number of aryl methyl sites for hydroxylation is 1. The molecule has 0 unspecified atom stereocenters. The first-order chi connectivity index (χ1) is 11.4. The Morgan fingerprint density at radius 2 is 1.83 bits per heavy atom. The van der Waals surface area contributed by atoms with Crippen molar-refractivity contribution in [2.75, 3.05) is 0 Å². The monoisotopic (exact) mass is 325 g/mol. The summed E-state index contributed by atoms with van der Waals surface area (Å²) in [6.45, 7) is 7.48. The number of nitrogens with one attached hydrogen (secondary N) is 1. The molecule has 24 heavy (non-hydrogen) atoms. The third kappa shape index (κ3) is 4.24. The number of halogens is 1. The molecule has 2 aromatic rings. The van der Waals surface area contributed by atoms with Gasteiger partial charge in [0.2, 0.25) is 0 Å². The second kappa shape index (κ2) is 7.06. The lowest BCUT2D eigenvalue weighted by molar-refractivity contribution is 0.206. The van der Waals surface area contributed by atoms with Gasteiger partial charge in [0, 0.05) is 18.2 Å². The first-order valence-electron chi connectivity index (χ1n) is 9.02. The minimum atomic E-state index is -0.135. The maximum atomic E-state index is 14.5. The predicted octanol–water partition coefficient (Wildman–Crippen LogP) is 5.86. The average Bonchev–Trinajstić information content (AvgIpc) is 2.54. The fourth-order valence-electron chi connectivity index (χ4n) is 3.58. The highest BCUT2D eigenvalue weighted by Gasteiger charge is 2.26. The molecule has 1 aliphatic carbocycles. The molecule has 3 rings (SSSR count). The number of hydrogen-bond acceptors (Lipinski definition) is 1. The summed E-state index contributed by atoms with van der Waals surface area (Å²) in [5.41, 5.74) is 4.29. The van der Waals surface area contributed by atoms with Crippen LogP contribution < -0.4 is 5.32 Å². The van der Waals surface area contributed by atoms with Crippen LogP contribution in [0, 0.1) is 18.2 Å². The van der Waals surface area contributed by atoms with Gasteiger partial charge in [-0.05, 0) is 55.2 Å². The van der Waals surface area contributed by atoms with Crippen LogP contribution in [0.4, 0.5) is 4.39 Å². The SMILES string of the molecule is Cc1cccc(-c2ccc(CNC3CCC(C)(C)CC3)cc2F)c1. The van der Waals surface area contributed by atoms with Crippen LogP contribution in [0.25, 0.3) is 11.1 Å². The minimum Gasteiger partial charge on any atom is -0.310 e. The van der Waals surface area contributed by atoms with E-state index in [-0.39, 0.29) is 5.82 Å². The van der Waals surface area contributed by atoms with E-state index in [0.717, 1.165) is 23.2 Å². The third-order valence-corrected chi connectivity index (χ3v) is 5.30. The maximum Gasteiger partial charge on any atom is 0.131 e. The first-order valence-corrected chi connectivity index (χ1v) is 9.02. The summed E-state index contributed by atoms with van der Waals surface area (Å²) < 4.78 is 14.5. The molecule has 128 valence electrons. The molecular formula is C22H28FN. The van der Waals surface area contributed by atoms with Crippen molar-refractivity contribution in [1.29, 1.82) is 0 Å². The van der Waals surface area contributed by atoms with Gasteiger partial charge >= 0.3 is 0 Å². The predicted molar refractivity (Wildman–Crippen MR) is 99.4 cm³/mol. The van der Waals surface area contributed by atoms with Crippen molar-refractivity contribution >= 4 is 0 Å². The van der Waals surface area contributed by atoms with Gasteiger partial charge in [-0.15, -0.1) is 0 Å². The van der Waals surface area contributed by atoms with Crippen molar-refractivity contribution in [2.45, 2.75) is 59.0 Å². The van der Waals surface area contributed by atoms with Crippen LogP contribution in [0.2, 0.25) is 0 Å². The summed E-state index contributed by atoms with van der Waals surface area (Å²) in [4.78, 5) is 0. The van der Waals surface area contributed by atoms with Gasteiger partial charge < -0.3 is 5.32 Å². The lowest BCUT2D eigenvalue weighted by Gasteiger charge is -2.34. The Morgan fingerprint density at radius 3 is 2.50 bits per heavy atom.